The van der Waals surface area contributed by atoms with Gasteiger partial charge in [0.05, 0.1) is 23.0 Å². The summed E-state index contributed by atoms with van der Waals surface area (Å²) in [5, 5.41) is 9.08. The molecule has 1 aliphatic heterocycles. The fourth-order valence-electron chi connectivity index (χ4n) is 3.23. The van der Waals surface area contributed by atoms with Gasteiger partial charge >= 0.3 is 5.97 Å². The van der Waals surface area contributed by atoms with Crippen molar-refractivity contribution in [1.82, 2.24) is 14.5 Å². The van der Waals surface area contributed by atoms with E-state index in [4.69, 9.17) is 10.1 Å². The predicted molar refractivity (Wildman–Crippen MR) is 81.1 cm³/mol. The zero-order valence-electron chi connectivity index (χ0n) is 12.5. The predicted octanol–water partition coefficient (Wildman–Crippen LogP) is 2.43. The Balaban J connectivity index is 1.80. The van der Waals surface area contributed by atoms with Crippen LogP contribution < -0.4 is 0 Å². The van der Waals surface area contributed by atoms with Crippen LogP contribution in [0.3, 0.4) is 0 Å². The number of benzene rings is 1. The summed E-state index contributed by atoms with van der Waals surface area (Å²) >= 11 is 0. The second kappa shape index (κ2) is 5.48. The van der Waals surface area contributed by atoms with Crippen LogP contribution in [0.4, 0.5) is 0 Å². The van der Waals surface area contributed by atoms with E-state index in [0.29, 0.717) is 0 Å². The van der Waals surface area contributed by atoms with Gasteiger partial charge in [-0.2, -0.15) is 0 Å². The Morgan fingerprint density at radius 1 is 1.33 bits per heavy atom. The molecular formula is C16H21N3O2. The number of aromatic nitrogens is 2. The number of imidazole rings is 1. The largest absolute Gasteiger partial charge is 0.481 e. The van der Waals surface area contributed by atoms with Gasteiger partial charge in [0.2, 0.25) is 0 Å². The molecule has 0 saturated carbocycles. The third-order valence-electron chi connectivity index (χ3n) is 4.62. The normalized spacial score (nSPS) is 19.0. The van der Waals surface area contributed by atoms with E-state index in [-0.39, 0.29) is 12.0 Å². The van der Waals surface area contributed by atoms with Crippen molar-refractivity contribution in [2.24, 2.45) is 13.0 Å². The lowest BCUT2D eigenvalue weighted by Crippen LogP contribution is -2.38. The number of hydrogen-bond acceptors (Lipinski definition) is 3. The molecule has 5 heteroatoms. The van der Waals surface area contributed by atoms with Crippen molar-refractivity contribution in [3.05, 3.63) is 30.1 Å². The molecule has 0 bridgehead atoms. The minimum absolute atomic E-state index is 0.186. The number of carbonyl (C=O) groups is 1. The molecule has 0 aliphatic carbocycles. The Morgan fingerprint density at radius 3 is 2.62 bits per heavy atom. The Hall–Kier alpha value is -1.88. The molecule has 0 amide bonds. The second-order valence-electron chi connectivity index (χ2n) is 5.84. The molecule has 5 nitrogen and oxygen atoms in total. The number of piperidine rings is 1. The number of carboxylic acids is 1. The van der Waals surface area contributed by atoms with Gasteiger partial charge in [0.15, 0.2) is 0 Å². The zero-order valence-corrected chi connectivity index (χ0v) is 12.5. The molecule has 112 valence electrons. The van der Waals surface area contributed by atoms with Crippen LogP contribution in [-0.4, -0.2) is 38.6 Å². The summed E-state index contributed by atoms with van der Waals surface area (Å²) in [6.07, 6.45) is 1.45. The van der Waals surface area contributed by atoms with Gasteiger partial charge in [-0.1, -0.05) is 12.1 Å². The summed E-state index contributed by atoms with van der Waals surface area (Å²) in [5.74, 6) is 0.198. The first kappa shape index (κ1) is 14.1. The first-order valence-electron chi connectivity index (χ1n) is 7.46. The maximum Gasteiger partial charge on any atom is 0.306 e. The van der Waals surface area contributed by atoms with Crippen molar-refractivity contribution in [3.8, 4) is 0 Å². The Morgan fingerprint density at radius 2 is 2.00 bits per heavy atom. The third kappa shape index (κ3) is 2.53. The summed E-state index contributed by atoms with van der Waals surface area (Å²) in [6, 6.07) is 8.34. The molecule has 0 spiro atoms. The zero-order chi connectivity index (χ0) is 15.0. The molecule has 2 aromatic rings. The molecule has 1 aromatic heterocycles. The van der Waals surface area contributed by atoms with E-state index in [1.54, 1.807) is 0 Å². The molecule has 1 atom stereocenters. The van der Waals surface area contributed by atoms with Gasteiger partial charge in [-0.3, -0.25) is 9.69 Å². The fourth-order valence-corrected chi connectivity index (χ4v) is 3.23. The molecule has 1 aromatic carbocycles. The van der Waals surface area contributed by atoms with Gasteiger partial charge in [0.25, 0.3) is 0 Å². The Labute approximate surface area is 124 Å². The average molecular weight is 287 g/mol. The van der Waals surface area contributed by atoms with Crippen molar-refractivity contribution in [2.45, 2.75) is 25.8 Å². The van der Waals surface area contributed by atoms with Crippen LogP contribution in [0.15, 0.2) is 24.3 Å². The number of aliphatic carboxylic acids is 1. The van der Waals surface area contributed by atoms with Crippen molar-refractivity contribution in [3.63, 3.8) is 0 Å². The number of nitrogens with zero attached hydrogens (tertiary/aromatic N) is 3. The van der Waals surface area contributed by atoms with Gasteiger partial charge in [0.1, 0.15) is 5.82 Å². The van der Waals surface area contributed by atoms with Crippen LogP contribution in [0.2, 0.25) is 0 Å². The molecule has 1 aliphatic rings. The number of fused-ring (bicyclic) bond motifs is 1. The van der Waals surface area contributed by atoms with Crippen LogP contribution >= 0.6 is 0 Å². The van der Waals surface area contributed by atoms with E-state index < -0.39 is 5.97 Å². The van der Waals surface area contributed by atoms with Crippen LogP contribution in [0.5, 0.6) is 0 Å². The summed E-state index contributed by atoms with van der Waals surface area (Å²) in [7, 11) is 2.05. The standard InChI is InChI=1S/C16H21N3O2/c1-11(19-9-7-12(8-10-19)16(20)21)15-17-13-5-3-4-6-14(13)18(15)2/h3-6,11-12H,7-10H2,1-2H3,(H,20,21). The maximum absolute atomic E-state index is 11.0. The highest BCUT2D eigenvalue weighted by Gasteiger charge is 2.29. The van der Waals surface area contributed by atoms with Gasteiger partial charge in [-0.05, 0) is 45.0 Å². The molecule has 1 saturated heterocycles. The smallest absolute Gasteiger partial charge is 0.306 e. The lowest BCUT2D eigenvalue weighted by Gasteiger charge is -2.34. The maximum atomic E-state index is 11.0. The monoisotopic (exact) mass is 287 g/mol. The number of aryl methyl sites for hydroxylation is 1. The van der Waals surface area contributed by atoms with Crippen molar-refractivity contribution >= 4 is 17.0 Å². The van der Waals surface area contributed by atoms with Crippen molar-refractivity contribution in [2.75, 3.05) is 13.1 Å². The minimum Gasteiger partial charge on any atom is -0.481 e. The summed E-state index contributed by atoms with van der Waals surface area (Å²) in [6.45, 7) is 3.80. The molecule has 2 heterocycles. The fraction of sp³-hybridized carbons (Fsp3) is 0.500. The third-order valence-corrected chi connectivity index (χ3v) is 4.62. The molecular weight excluding hydrogens is 266 g/mol. The van der Waals surface area contributed by atoms with E-state index >= 15 is 0 Å². The molecule has 21 heavy (non-hydrogen) atoms. The van der Waals surface area contributed by atoms with E-state index in [0.717, 1.165) is 42.8 Å². The summed E-state index contributed by atoms with van der Waals surface area (Å²) in [4.78, 5) is 18.1. The van der Waals surface area contributed by atoms with E-state index in [9.17, 15) is 4.79 Å². The molecule has 3 rings (SSSR count). The van der Waals surface area contributed by atoms with Gasteiger partial charge in [-0.15, -0.1) is 0 Å². The highest BCUT2D eigenvalue weighted by molar-refractivity contribution is 5.75. The number of hydrogen-bond donors (Lipinski definition) is 1. The van der Waals surface area contributed by atoms with Crippen LogP contribution in [0.25, 0.3) is 11.0 Å². The minimum atomic E-state index is -0.662. The molecule has 1 unspecified atom stereocenters. The van der Waals surface area contributed by atoms with Crippen LogP contribution in [0.1, 0.15) is 31.6 Å². The quantitative estimate of drug-likeness (QED) is 0.942. The highest BCUT2D eigenvalue weighted by atomic mass is 16.4. The average Bonchev–Trinajstić information content (AvgIpc) is 2.84. The number of carboxylic acid groups (broad SMARTS) is 1. The van der Waals surface area contributed by atoms with E-state index in [1.807, 2.05) is 25.2 Å². The number of para-hydroxylation sites is 2. The topological polar surface area (TPSA) is 58.4 Å². The van der Waals surface area contributed by atoms with Gasteiger partial charge < -0.3 is 9.67 Å². The first-order valence-corrected chi connectivity index (χ1v) is 7.46. The molecule has 0 radical (unpaired) electrons. The van der Waals surface area contributed by atoms with Crippen molar-refractivity contribution in [1.29, 1.82) is 0 Å². The number of rotatable bonds is 3. The Bertz CT molecular complexity index is 657. The van der Waals surface area contributed by atoms with Crippen LogP contribution in [0, 0.1) is 5.92 Å². The SMILES string of the molecule is CC(c1nc2ccccc2n1C)N1CCC(C(=O)O)CC1. The van der Waals surface area contributed by atoms with Gasteiger partial charge in [-0.25, -0.2) is 4.98 Å². The highest BCUT2D eigenvalue weighted by Crippen LogP contribution is 2.28. The number of likely N-dealkylation sites (tertiary alicyclic amines) is 1. The van der Waals surface area contributed by atoms with E-state index in [2.05, 4.69) is 22.5 Å². The summed E-state index contributed by atoms with van der Waals surface area (Å²) in [5.41, 5.74) is 2.15. The lowest BCUT2D eigenvalue weighted by molar-refractivity contribution is -0.143. The summed E-state index contributed by atoms with van der Waals surface area (Å²) < 4.78 is 2.14. The van der Waals surface area contributed by atoms with E-state index in [1.165, 1.54) is 0 Å². The lowest BCUT2D eigenvalue weighted by atomic mass is 9.96. The van der Waals surface area contributed by atoms with Crippen molar-refractivity contribution < 1.29 is 9.90 Å². The van der Waals surface area contributed by atoms with Gasteiger partial charge in [0, 0.05) is 7.05 Å². The second-order valence-corrected chi connectivity index (χ2v) is 5.84. The molecule has 1 fully saturated rings. The molecule has 1 N–H and O–H groups in total. The Kier molecular flexibility index (Phi) is 3.68. The van der Waals surface area contributed by atoms with Crippen LogP contribution in [-0.2, 0) is 11.8 Å². The first-order chi connectivity index (χ1) is 10.1.